The van der Waals surface area contributed by atoms with Gasteiger partial charge >= 0.3 is 0 Å². The summed E-state index contributed by atoms with van der Waals surface area (Å²) in [6.07, 6.45) is 16.7. The molecule has 9 rings (SSSR count). The molecule has 2 aliphatic heterocycles. The van der Waals surface area contributed by atoms with Gasteiger partial charge in [-0.05, 0) is 124 Å². The number of hydrogen-bond acceptors (Lipinski definition) is 5. The Hall–Kier alpha value is -5.04. The molecule has 2 saturated heterocycles. The van der Waals surface area contributed by atoms with Gasteiger partial charge in [0.15, 0.2) is 12.6 Å². The highest BCUT2D eigenvalue weighted by Crippen LogP contribution is 2.50. The summed E-state index contributed by atoms with van der Waals surface area (Å²) in [5.74, 6) is 0.213. The van der Waals surface area contributed by atoms with Gasteiger partial charge in [0.05, 0.1) is 13.2 Å². The highest BCUT2D eigenvalue weighted by atomic mass is 16.7. The van der Waals surface area contributed by atoms with E-state index in [9.17, 15) is 5.11 Å². The highest BCUT2D eigenvalue weighted by Gasteiger charge is 2.35. The molecular formula is C51H50O5. The molecule has 0 radical (unpaired) electrons. The van der Waals surface area contributed by atoms with Gasteiger partial charge in [0.1, 0.15) is 5.75 Å². The second kappa shape index (κ2) is 15.8. The van der Waals surface area contributed by atoms with E-state index in [-0.39, 0.29) is 37.0 Å². The summed E-state index contributed by atoms with van der Waals surface area (Å²) in [6.45, 7) is 6.64. The molecule has 56 heavy (non-hydrogen) atoms. The van der Waals surface area contributed by atoms with Crippen molar-refractivity contribution < 1.29 is 24.1 Å². The third kappa shape index (κ3) is 7.45. The normalized spacial score (nSPS) is 19.6. The van der Waals surface area contributed by atoms with Crippen molar-refractivity contribution in [3.63, 3.8) is 0 Å². The standard InChI is InChI=1S/C51H50O5/c1-51(2)46-30-34(17-18-35-27-39(32-55-48-15-7-9-25-53-48)50(52)40(28-35)33-56-49-16-8-10-26-54-49)19-23-43(46)44-24-20-36(31-47(44)51)29-45-41-13-5-3-11-37(41)21-22-38-12-4-6-14-42(38)45/h3-6,11-14,17-24,27-31,48-49,52H,7-10,15-16,25-26,32-33H2,1-2H3. The van der Waals surface area contributed by atoms with Crippen LogP contribution in [0.3, 0.4) is 0 Å². The van der Waals surface area contributed by atoms with Crippen LogP contribution < -0.4 is 0 Å². The van der Waals surface area contributed by atoms with E-state index in [1.54, 1.807) is 0 Å². The first-order chi connectivity index (χ1) is 27.4. The molecule has 5 aromatic carbocycles. The van der Waals surface area contributed by atoms with Crippen LogP contribution in [0, 0.1) is 0 Å². The predicted molar refractivity (Wildman–Crippen MR) is 227 cm³/mol. The van der Waals surface area contributed by atoms with E-state index < -0.39 is 0 Å². The van der Waals surface area contributed by atoms with Gasteiger partial charge in [0, 0.05) is 29.8 Å². The van der Waals surface area contributed by atoms with E-state index in [4.69, 9.17) is 18.9 Å². The van der Waals surface area contributed by atoms with Crippen molar-refractivity contribution in [3.05, 3.63) is 158 Å². The van der Waals surface area contributed by atoms with Crippen molar-refractivity contribution >= 4 is 36.0 Å². The predicted octanol–water partition coefficient (Wildman–Crippen LogP) is 12.0. The molecule has 2 atom stereocenters. The molecule has 5 aromatic rings. The van der Waals surface area contributed by atoms with E-state index in [1.807, 2.05) is 12.1 Å². The Balaban J connectivity index is 0.996. The first-order valence-electron chi connectivity index (χ1n) is 20.3. The average Bonchev–Trinajstić information content (AvgIpc) is 3.34. The fourth-order valence-corrected chi connectivity index (χ4v) is 8.73. The van der Waals surface area contributed by atoms with Crippen LogP contribution in [0.15, 0.2) is 97.1 Å². The lowest BCUT2D eigenvalue weighted by Crippen LogP contribution is -2.22. The van der Waals surface area contributed by atoms with Crippen LogP contribution in [0.5, 0.6) is 5.75 Å². The van der Waals surface area contributed by atoms with E-state index in [2.05, 4.69) is 129 Å². The van der Waals surface area contributed by atoms with Gasteiger partial charge in [-0.1, -0.05) is 123 Å². The van der Waals surface area contributed by atoms with Gasteiger partial charge in [-0.15, -0.1) is 0 Å². The number of hydrogen-bond donors (Lipinski definition) is 1. The quantitative estimate of drug-likeness (QED) is 0.150. The Morgan fingerprint density at radius 3 is 1.68 bits per heavy atom. The van der Waals surface area contributed by atoms with Crippen LogP contribution in [0.2, 0.25) is 0 Å². The maximum Gasteiger partial charge on any atom is 0.158 e. The number of ether oxygens (including phenoxy) is 4. The summed E-state index contributed by atoms with van der Waals surface area (Å²) in [4.78, 5) is 0. The molecule has 0 aromatic heterocycles. The first kappa shape index (κ1) is 36.6. The third-order valence-corrected chi connectivity index (χ3v) is 11.9. The Kier molecular flexibility index (Phi) is 10.3. The molecule has 2 heterocycles. The highest BCUT2D eigenvalue weighted by molar-refractivity contribution is 6.00. The van der Waals surface area contributed by atoms with E-state index >= 15 is 0 Å². The van der Waals surface area contributed by atoms with Gasteiger partial charge < -0.3 is 24.1 Å². The maximum atomic E-state index is 11.3. The zero-order valence-electron chi connectivity index (χ0n) is 32.4. The van der Waals surface area contributed by atoms with Crippen LogP contribution >= 0.6 is 0 Å². The zero-order valence-corrected chi connectivity index (χ0v) is 32.4. The van der Waals surface area contributed by atoms with Gasteiger partial charge in [-0.2, -0.15) is 0 Å². The Morgan fingerprint density at radius 2 is 1.12 bits per heavy atom. The lowest BCUT2D eigenvalue weighted by Gasteiger charge is -2.24. The van der Waals surface area contributed by atoms with Gasteiger partial charge in [-0.25, -0.2) is 0 Å². The smallest absolute Gasteiger partial charge is 0.158 e. The van der Waals surface area contributed by atoms with Crippen molar-refractivity contribution in [2.24, 2.45) is 0 Å². The minimum atomic E-state index is -0.244. The minimum absolute atomic E-state index is 0.181. The Morgan fingerprint density at radius 1 is 0.607 bits per heavy atom. The number of aromatic hydroxyl groups is 1. The molecule has 4 aliphatic rings. The second-order valence-corrected chi connectivity index (χ2v) is 16.0. The molecule has 2 fully saturated rings. The number of rotatable bonds is 9. The van der Waals surface area contributed by atoms with Crippen molar-refractivity contribution in [1.29, 1.82) is 0 Å². The molecule has 2 aliphatic carbocycles. The van der Waals surface area contributed by atoms with Crippen molar-refractivity contribution in [2.75, 3.05) is 13.2 Å². The molecule has 0 saturated carbocycles. The van der Waals surface area contributed by atoms with Crippen LogP contribution in [0.1, 0.15) is 114 Å². The maximum absolute atomic E-state index is 11.3. The third-order valence-electron chi connectivity index (χ3n) is 11.9. The topological polar surface area (TPSA) is 57.2 Å². The monoisotopic (exact) mass is 742 g/mol. The van der Waals surface area contributed by atoms with Crippen LogP contribution in [-0.2, 0) is 37.6 Å². The molecule has 5 nitrogen and oxygen atoms in total. The summed E-state index contributed by atoms with van der Waals surface area (Å²) < 4.78 is 23.9. The second-order valence-electron chi connectivity index (χ2n) is 16.0. The fourth-order valence-electron chi connectivity index (χ4n) is 8.73. The molecule has 5 heteroatoms. The van der Waals surface area contributed by atoms with Crippen LogP contribution in [-0.4, -0.2) is 30.9 Å². The van der Waals surface area contributed by atoms with Crippen LogP contribution in [0.25, 0.3) is 47.1 Å². The molecular weight excluding hydrogens is 693 g/mol. The van der Waals surface area contributed by atoms with Crippen molar-refractivity contribution in [3.8, 4) is 16.9 Å². The zero-order chi connectivity index (χ0) is 38.1. The van der Waals surface area contributed by atoms with Gasteiger partial charge in [0.2, 0.25) is 0 Å². The first-order valence-corrected chi connectivity index (χ1v) is 20.3. The molecule has 1 N–H and O–H groups in total. The molecule has 2 unspecified atom stereocenters. The fraction of sp³-hybridized carbons (Fsp3) is 0.294. The summed E-state index contributed by atoms with van der Waals surface area (Å²) in [5.41, 5.74) is 16.0. The van der Waals surface area contributed by atoms with Gasteiger partial charge in [-0.3, -0.25) is 0 Å². The number of benzene rings is 5. The van der Waals surface area contributed by atoms with Crippen LogP contribution in [0.4, 0.5) is 0 Å². The van der Waals surface area contributed by atoms with Crippen molar-refractivity contribution in [2.45, 2.75) is 83.6 Å². The summed E-state index contributed by atoms with van der Waals surface area (Å²) in [6, 6.07) is 35.2. The average molecular weight is 743 g/mol. The number of phenols is 1. The van der Waals surface area contributed by atoms with E-state index in [0.29, 0.717) is 13.2 Å². The summed E-state index contributed by atoms with van der Waals surface area (Å²) in [5, 5.41) is 11.3. The lowest BCUT2D eigenvalue weighted by molar-refractivity contribution is -0.170. The number of fused-ring (bicyclic) bond motifs is 5. The number of phenolic OH excluding ortho intramolecular Hbond substituents is 1. The van der Waals surface area contributed by atoms with E-state index in [0.717, 1.165) is 60.8 Å². The van der Waals surface area contributed by atoms with Gasteiger partial charge in [0.25, 0.3) is 0 Å². The summed E-state index contributed by atoms with van der Waals surface area (Å²) in [7, 11) is 0. The largest absolute Gasteiger partial charge is 0.507 e. The minimum Gasteiger partial charge on any atom is -0.507 e. The molecule has 0 amide bonds. The van der Waals surface area contributed by atoms with E-state index in [1.165, 1.54) is 55.6 Å². The molecule has 284 valence electrons. The summed E-state index contributed by atoms with van der Waals surface area (Å²) >= 11 is 0. The lowest BCUT2D eigenvalue weighted by atomic mass is 9.81. The van der Waals surface area contributed by atoms with Crippen molar-refractivity contribution in [1.82, 2.24) is 0 Å². The Bertz CT molecular complexity index is 2240. The Labute approximate surface area is 330 Å². The SMILES string of the molecule is CC1(C)c2cc(C=Cc3cc(COC4CCCCO4)c(O)c(COC4CCCCO4)c3)ccc2-c2ccc(C=C3c4ccccc4C=Cc4ccccc43)cc21. The molecule has 0 bridgehead atoms. The molecule has 0 spiro atoms.